The van der Waals surface area contributed by atoms with Gasteiger partial charge in [-0.15, -0.1) is 11.3 Å². The largest absolute Gasteiger partial charge is 0.302 e. The second-order valence-corrected chi connectivity index (χ2v) is 7.34. The molecule has 0 atom stereocenters. The van der Waals surface area contributed by atoms with Crippen molar-refractivity contribution < 1.29 is 14.4 Å². The highest BCUT2D eigenvalue weighted by molar-refractivity contribution is 8.18. The summed E-state index contributed by atoms with van der Waals surface area (Å²) in [4.78, 5) is 41.6. The number of hydrogen-bond donors (Lipinski definition) is 1. The number of nitrogens with zero attached hydrogens (tertiary/aromatic N) is 2. The van der Waals surface area contributed by atoms with Gasteiger partial charge in [0.2, 0.25) is 5.91 Å². The molecule has 0 saturated carbocycles. The lowest BCUT2D eigenvalue weighted by Gasteiger charge is -2.11. The number of halogens is 1. The zero-order chi connectivity index (χ0) is 17.8. The first-order valence-electron chi connectivity index (χ1n) is 7.23. The predicted molar refractivity (Wildman–Crippen MR) is 99.5 cm³/mol. The van der Waals surface area contributed by atoms with Gasteiger partial charge in [-0.3, -0.25) is 19.3 Å². The van der Waals surface area contributed by atoms with E-state index < -0.39 is 5.91 Å². The second kappa shape index (κ2) is 7.81. The Morgan fingerprint density at radius 2 is 2.04 bits per heavy atom. The molecule has 1 saturated heterocycles. The normalized spacial score (nSPS) is 15.9. The summed E-state index contributed by atoms with van der Waals surface area (Å²) in [5.74, 6) is -0.692. The van der Waals surface area contributed by atoms with Crippen molar-refractivity contribution in [3.8, 4) is 0 Å². The molecule has 1 aromatic heterocycles. The van der Waals surface area contributed by atoms with Crippen LogP contribution in [0.25, 0.3) is 6.08 Å². The maximum Gasteiger partial charge on any atom is 0.293 e. The first-order valence-corrected chi connectivity index (χ1v) is 9.30. The molecule has 25 heavy (non-hydrogen) atoms. The smallest absolute Gasteiger partial charge is 0.293 e. The first-order chi connectivity index (χ1) is 12.0. The molecule has 3 amide bonds. The maximum atomic E-state index is 12.4. The molecule has 6 nitrogen and oxygen atoms in total. The summed E-state index contributed by atoms with van der Waals surface area (Å²) in [6.07, 6.45) is 3.24. The number of anilines is 1. The molecule has 2 heterocycles. The van der Waals surface area contributed by atoms with Crippen molar-refractivity contribution in [1.82, 2.24) is 9.88 Å². The summed E-state index contributed by atoms with van der Waals surface area (Å²) in [5, 5.41) is 5.06. The number of benzene rings is 1. The molecule has 2 aromatic rings. The van der Waals surface area contributed by atoms with Gasteiger partial charge in [0.05, 0.1) is 4.91 Å². The summed E-state index contributed by atoms with van der Waals surface area (Å²) in [7, 11) is 0. The van der Waals surface area contributed by atoms with Gasteiger partial charge in [0.15, 0.2) is 5.13 Å². The van der Waals surface area contributed by atoms with Crippen LogP contribution in [0, 0.1) is 0 Å². The molecule has 9 heteroatoms. The van der Waals surface area contributed by atoms with Crippen LogP contribution in [0.2, 0.25) is 5.02 Å². The van der Waals surface area contributed by atoms with E-state index in [4.69, 9.17) is 11.6 Å². The lowest BCUT2D eigenvalue weighted by molar-refractivity contribution is -0.123. The van der Waals surface area contributed by atoms with Crippen LogP contribution < -0.4 is 5.32 Å². The van der Waals surface area contributed by atoms with Gasteiger partial charge in [-0.05, 0) is 35.5 Å². The number of carbonyl (C=O) groups is 3. The van der Waals surface area contributed by atoms with E-state index in [-0.39, 0.29) is 24.1 Å². The Bertz CT molecular complexity index is 835. The van der Waals surface area contributed by atoms with Crippen molar-refractivity contribution >= 4 is 63.0 Å². The van der Waals surface area contributed by atoms with E-state index in [1.54, 1.807) is 41.9 Å². The number of hydrogen-bond acceptors (Lipinski definition) is 6. The van der Waals surface area contributed by atoms with Crippen molar-refractivity contribution in [2.75, 3.05) is 11.9 Å². The zero-order valence-corrected chi connectivity index (χ0v) is 15.2. The Kier molecular flexibility index (Phi) is 5.52. The van der Waals surface area contributed by atoms with E-state index in [0.29, 0.717) is 15.1 Å². The van der Waals surface area contributed by atoms with E-state index in [9.17, 15) is 14.4 Å². The van der Waals surface area contributed by atoms with Crippen LogP contribution in [-0.2, 0) is 9.59 Å². The lowest BCUT2D eigenvalue weighted by Crippen LogP contribution is -2.31. The first kappa shape index (κ1) is 17.7. The van der Waals surface area contributed by atoms with Crippen molar-refractivity contribution in [2.24, 2.45) is 0 Å². The number of thiazole rings is 1. The molecule has 1 aliphatic heterocycles. The summed E-state index contributed by atoms with van der Waals surface area (Å²) in [5.41, 5.74) is 0.774. The van der Waals surface area contributed by atoms with Crippen molar-refractivity contribution in [1.29, 1.82) is 0 Å². The van der Waals surface area contributed by atoms with Gasteiger partial charge in [0, 0.05) is 29.6 Å². The summed E-state index contributed by atoms with van der Waals surface area (Å²) in [6.45, 7) is 0.0276. The Morgan fingerprint density at radius 3 is 2.72 bits per heavy atom. The highest BCUT2D eigenvalue weighted by Crippen LogP contribution is 2.32. The fourth-order valence-electron chi connectivity index (χ4n) is 2.08. The fraction of sp³-hybridized carbons (Fsp3) is 0.125. The molecule has 3 rings (SSSR count). The molecule has 0 bridgehead atoms. The highest BCUT2D eigenvalue weighted by atomic mass is 35.5. The average molecular weight is 394 g/mol. The predicted octanol–water partition coefficient (Wildman–Crippen LogP) is 3.86. The minimum Gasteiger partial charge on any atom is -0.302 e. The van der Waals surface area contributed by atoms with Crippen LogP contribution >= 0.6 is 34.7 Å². The third-order valence-electron chi connectivity index (χ3n) is 3.28. The average Bonchev–Trinajstić information content (AvgIpc) is 3.17. The zero-order valence-electron chi connectivity index (χ0n) is 12.8. The number of amides is 3. The number of aromatic nitrogens is 1. The monoisotopic (exact) mass is 393 g/mol. The van der Waals surface area contributed by atoms with Crippen molar-refractivity contribution in [3.05, 3.63) is 51.3 Å². The van der Waals surface area contributed by atoms with Crippen molar-refractivity contribution in [3.63, 3.8) is 0 Å². The highest BCUT2D eigenvalue weighted by Gasteiger charge is 2.35. The summed E-state index contributed by atoms with van der Waals surface area (Å²) in [6, 6.07) is 6.94. The Hall–Kier alpha value is -2.16. The van der Waals surface area contributed by atoms with Crippen molar-refractivity contribution in [2.45, 2.75) is 6.42 Å². The van der Waals surface area contributed by atoms with Crippen LogP contribution in [0.15, 0.2) is 40.7 Å². The topological polar surface area (TPSA) is 79.4 Å². The van der Waals surface area contributed by atoms with Gasteiger partial charge in [-0.25, -0.2) is 4.98 Å². The molecule has 0 radical (unpaired) electrons. The lowest BCUT2D eigenvalue weighted by atomic mass is 10.2. The van der Waals surface area contributed by atoms with Gasteiger partial charge in [-0.1, -0.05) is 23.7 Å². The molecular formula is C16H12ClN3O3S2. The van der Waals surface area contributed by atoms with Crippen LogP contribution in [0.5, 0.6) is 0 Å². The minimum absolute atomic E-state index is 0.0197. The molecule has 0 spiro atoms. The third kappa shape index (κ3) is 4.47. The van der Waals surface area contributed by atoms with E-state index in [1.165, 1.54) is 11.3 Å². The summed E-state index contributed by atoms with van der Waals surface area (Å²) < 4.78 is 0. The Balaban J connectivity index is 1.61. The Morgan fingerprint density at radius 1 is 1.28 bits per heavy atom. The Labute approximate surface area is 156 Å². The standard InChI is InChI=1S/C16H12ClN3O3S2/c17-11-3-1-10(2-4-11)9-12-14(22)20(16(23)25-12)7-5-13(21)19-15-18-6-8-24-15/h1-4,6,8-9H,5,7H2,(H,18,19,21). The number of imide groups is 1. The fourth-order valence-corrected chi connectivity index (χ4v) is 3.62. The van der Waals surface area contributed by atoms with Crippen LogP contribution in [0.1, 0.15) is 12.0 Å². The molecule has 1 N–H and O–H groups in total. The van der Waals surface area contributed by atoms with Crippen LogP contribution in [0.3, 0.4) is 0 Å². The van der Waals surface area contributed by atoms with Gasteiger partial charge in [0.1, 0.15) is 0 Å². The number of carbonyl (C=O) groups excluding carboxylic acids is 3. The summed E-state index contributed by atoms with van der Waals surface area (Å²) >= 11 is 7.99. The van der Waals surface area contributed by atoms with E-state index in [0.717, 1.165) is 22.2 Å². The molecule has 0 aliphatic carbocycles. The number of nitrogens with one attached hydrogen (secondary N) is 1. The molecular weight excluding hydrogens is 382 g/mol. The van der Waals surface area contributed by atoms with Gasteiger partial charge in [-0.2, -0.15) is 0 Å². The quantitative estimate of drug-likeness (QED) is 0.780. The van der Waals surface area contributed by atoms with E-state index >= 15 is 0 Å². The molecule has 128 valence electrons. The third-order valence-corrected chi connectivity index (χ3v) is 5.13. The number of rotatable bonds is 5. The van der Waals surface area contributed by atoms with E-state index in [1.807, 2.05) is 0 Å². The van der Waals surface area contributed by atoms with Crippen LogP contribution in [0.4, 0.5) is 9.93 Å². The molecule has 0 unspecified atom stereocenters. The molecule has 1 fully saturated rings. The van der Waals surface area contributed by atoms with Crippen LogP contribution in [-0.4, -0.2) is 33.5 Å². The van der Waals surface area contributed by atoms with Gasteiger partial charge < -0.3 is 5.32 Å². The van der Waals surface area contributed by atoms with E-state index in [2.05, 4.69) is 10.3 Å². The second-order valence-electron chi connectivity index (χ2n) is 5.02. The molecule has 1 aromatic carbocycles. The maximum absolute atomic E-state index is 12.4. The SMILES string of the molecule is O=C(CCN1C(=O)SC(=Cc2ccc(Cl)cc2)C1=O)Nc1nccs1. The van der Waals surface area contributed by atoms with Gasteiger partial charge >= 0.3 is 0 Å². The minimum atomic E-state index is -0.396. The number of thioether (sulfide) groups is 1. The van der Waals surface area contributed by atoms with Gasteiger partial charge in [0.25, 0.3) is 11.1 Å². The molecule has 1 aliphatic rings.